The molecule has 1 saturated carbocycles. The Hall–Kier alpha value is 0.650. The summed E-state index contributed by atoms with van der Waals surface area (Å²) in [4.78, 5) is 0. The van der Waals surface area contributed by atoms with Crippen molar-refractivity contribution in [2.75, 3.05) is 14.2 Å². The lowest BCUT2D eigenvalue weighted by Crippen LogP contribution is -2.38. The number of ether oxygens (including phenoxy) is 2. The van der Waals surface area contributed by atoms with Crippen molar-refractivity contribution in [2.45, 2.75) is 35.4 Å². The van der Waals surface area contributed by atoms with Gasteiger partial charge in [0.25, 0.3) is 0 Å². The van der Waals surface area contributed by atoms with Gasteiger partial charge in [-0.3, -0.25) is 0 Å². The Morgan fingerprint density at radius 2 is 1.55 bits per heavy atom. The van der Waals surface area contributed by atoms with E-state index in [-0.39, 0.29) is 0 Å². The van der Waals surface area contributed by atoms with E-state index in [9.17, 15) is 0 Å². The van der Waals surface area contributed by atoms with E-state index in [0.29, 0.717) is 16.1 Å². The monoisotopic (exact) mass is 270 g/mol. The van der Waals surface area contributed by atoms with E-state index in [1.54, 1.807) is 14.2 Å². The minimum absolute atomic E-state index is 0.397. The van der Waals surface area contributed by atoms with Gasteiger partial charge in [-0.05, 0) is 19.3 Å². The van der Waals surface area contributed by atoms with E-state index in [1.165, 1.54) is 19.3 Å². The molecule has 0 N–H and O–H groups in total. The summed E-state index contributed by atoms with van der Waals surface area (Å²) in [6.07, 6.45) is 4.40. The molecule has 11 heavy (non-hydrogen) atoms. The number of rotatable bonds is 2. The molecule has 0 bridgehead atoms. The molecule has 2 atom stereocenters. The highest BCUT2D eigenvalue weighted by Gasteiger charge is 2.30. The van der Waals surface area contributed by atoms with Crippen LogP contribution in [0.4, 0.5) is 0 Å². The summed E-state index contributed by atoms with van der Waals surface area (Å²) in [5.74, 6) is 0. The minimum Gasteiger partial charge on any atom is -0.380 e. The van der Waals surface area contributed by atoms with Crippen molar-refractivity contribution in [1.29, 1.82) is 0 Å². The molecular formula is C8H15IO2. The van der Waals surface area contributed by atoms with E-state index >= 15 is 0 Å². The molecule has 1 rings (SSSR count). The molecule has 1 fully saturated rings. The third kappa shape index (κ3) is 2.29. The van der Waals surface area contributed by atoms with Crippen LogP contribution in [0.3, 0.4) is 0 Å². The standard InChI is InChI=1S/C8H15IO2/c1-10-6-4-3-5-7(11-2)8(6)9/h6-8H,3-5H2,1-2H3. The second-order valence-corrected chi connectivity index (χ2v) is 4.36. The van der Waals surface area contributed by atoms with Crippen molar-refractivity contribution < 1.29 is 9.47 Å². The van der Waals surface area contributed by atoms with Gasteiger partial charge in [0.05, 0.1) is 16.1 Å². The average Bonchev–Trinajstić information content (AvgIpc) is 2.05. The molecule has 0 saturated heterocycles. The Labute approximate surface area is 81.8 Å². The maximum atomic E-state index is 5.35. The van der Waals surface area contributed by atoms with E-state index in [2.05, 4.69) is 22.6 Å². The molecule has 0 radical (unpaired) electrons. The van der Waals surface area contributed by atoms with Crippen LogP contribution in [0.2, 0.25) is 0 Å². The second kappa shape index (κ2) is 4.62. The first-order chi connectivity index (χ1) is 5.29. The predicted molar refractivity (Wildman–Crippen MR) is 53.3 cm³/mol. The van der Waals surface area contributed by atoms with Crippen LogP contribution in [-0.2, 0) is 9.47 Å². The largest absolute Gasteiger partial charge is 0.380 e. The molecule has 2 unspecified atom stereocenters. The number of alkyl halides is 1. The molecule has 0 heterocycles. The summed E-state index contributed by atoms with van der Waals surface area (Å²) < 4.78 is 11.2. The van der Waals surface area contributed by atoms with Gasteiger partial charge in [0.2, 0.25) is 0 Å². The maximum absolute atomic E-state index is 5.35. The summed E-state index contributed by atoms with van der Waals surface area (Å²) in [6.45, 7) is 0. The quantitative estimate of drug-likeness (QED) is 0.564. The van der Waals surface area contributed by atoms with Gasteiger partial charge in [-0.25, -0.2) is 0 Å². The van der Waals surface area contributed by atoms with Crippen LogP contribution in [0.1, 0.15) is 19.3 Å². The Kier molecular flexibility index (Phi) is 4.09. The summed E-state index contributed by atoms with van der Waals surface area (Å²) in [5.41, 5.74) is 0. The van der Waals surface area contributed by atoms with Gasteiger partial charge < -0.3 is 9.47 Å². The van der Waals surface area contributed by atoms with Crippen LogP contribution >= 0.6 is 22.6 Å². The lowest BCUT2D eigenvalue weighted by Gasteiger charge is -2.32. The van der Waals surface area contributed by atoms with Crippen LogP contribution in [0, 0.1) is 0 Å². The van der Waals surface area contributed by atoms with Crippen molar-refractivity contribution in [1.82, 2.24) is 0 Å². The molecule has 0 aliphatic heterocycles. The third-order valence-corrected chi connectivity index (χ3v) is 3.90. The molecule has 2 nitrogen and oxygen atoms in total. The highest BCUT2D eigenvalue weighted by Crippen LogP contribution is 2.28. The third-order valence-electron chi connectivity index (χ3n) is 2.29. The van der Waals surface area contributed by atoms with Gasteiger partial charge >= 0.3 is 0 Å². The molecule has 1 aliphatic carbocycles. The number of methoxy groups -OCH3 is 2. The van der Waals surface area contributed by atoms with Crippen LogP contribution in [0.5, 0.6) is 0 Å². The molecule has 0 spiro atoms. The minimum atomic E-state index is 0.397. The van der Waals surface area contributed by atoms with Gasteiger partial charge in [0.1, 0.15) is 0 Å². The van der Waals surface area contributed by atoms with Gasteiger partial charge in [-0.1, -0.05) is 22.6 Å². The van der Waals surface area contributed by atoms with Crippen molar-refractivity contribution in [3.05, 3.63) is 0 Å². The van der Waals surface area contributed by atoms with Gasteiger partial charge in [0.15, 0.2) is 0 Å². The first-order valence-electron chi connectivity index (χ1n) is 3.99. The highest BCUT2D eigenvalue weighted by molar-refractivity contribution is 14.1. The van der Waals surface area contributed by atoms with E-state index in [4.69, 9.17) is 9.47 Å². The highest BCUT2D eigenvalue weighted by atomic mass is 127. The topological polar surface area (TPSA) is 18.5 Å². The first-order valence-corrected chi connectivity index (χ1v) is 5.23. The maximum Gasteiger partial charge on any atom is 0.0714 e. The van der Waals surface area contributed by atoms with Crippen LogP contribution in [0.15, 0.2) is 0 Å². The zero-order valence-electron chi connectivity index (χ0n) is 7.05. The van der Waals surface area contributed by atoms with Gasteiger partial charge in [0, 0.05) is 14.2 Å². The fourth-order valence-corrected chi connectivity index (χ4v) is 2.88. The van der Waals surface area contributed by atoms with E-state index in [0.717, 1.165) is 0 Å². The first kappa shape index (κ1) is 9.74. The van der Waals surface area contributed by atoms with Crippen LogP contribution in [-0.4, -0.2) is 30.4 Å². The Morgan fingerprint density at radius 3 is 1.91 bits per heavy atom. The summed E-state index contributed by atoms with van der Waals surface area (Å²) in [5, 5.41) is 0. The number of hydrogen-bond donors (Lipinski definition) is 0. The summed E-state index contributed by atoms with van der Waals surface area (Å²) >= 11 is 2.43. The molecule has 1 aliphatic rings. The van der Waals surface area contributed by atoms with Crippen molar-refractivity contribution >= 4 is 22.6 Å². The predicted octanol–water partition coefficient (Wildman–Crippen LogP) is 2.00. The average molecular weight is 270 g/mol. The lowest BCUT2D eigenvalue weighted by molar-refractivity contribution is 0.00277. The van der Waals surface area contributed by atoms with Crippen molar-refractivity contribution in [3.8, 4) is 0 Å². The van der Waals surface area contributed by atoms with E-state index in [1.807, 2.05) is 0 Å². The number of halogens is 1. The van der Waals surface area contributed by atoms with Crippen LogP contribution in [0.25, 0.3) is 0 Å². The zero-order valence-corrected chi connectivity index (χ0v) is 9.21. The molecule has 3 heteroatoms. The van der Waals surface area contributed by atoms with Gasteiger partial charge in [-0.2, -0.15) is 0 Å². The normalized spacial score (nSPS) is 39.0. The Balaban J connectivity index is 2.45. The zero-order chi connectivity index (χ0) is 8.27. The summed E-state index contributed by atoms with van der Waals surface area (Å²) in [7, 11) is 3.57. The second-order valence-electron chi connectivity index (χ2n) is 2.92. The summed E-state index contributed by atoms with van der Waals surface area (Å²) in [6, 6.07) is 0. The smallest absolute Gasteiger partial charge is 0.0714 e. The molecule has 0 aromatic heterocycles. The van der Waals surface area contributed by atoms with E-state index < -0.39 is 0 Å². The molecule has 0 aromatic rings. The van der Waals surface area contributed by atoms with Crippen molar-refractivity contribution in [3.63, 3.8) is 0 Å². The molecular weight excluding hydrogens is 255 g/mol. The Bertz CT molecular complexity index is 107. The molecule has 0 amide bonds. The fourth-order valence-electron chi connectivity index (χ4n) is 1.57. The van der Waals surface area contributed by atoms with Crippen LogP contribution < -0.4 is 0 Å². The fraction of sp³-hybridized carbons (Fsp3) is 1.00. The van der Waals surface area contributed by atoms with Crippen molar-refractivity contribution in [2.24, 2.45) is 0 Å². The number of hydrogen-bond acceptors (Lipinski definition) is 2. The Morgan fingerprint density at radius 1 is 1.09 bits per heavy atom. The lowest BCUT2D eigenvalue weighted by atomic mass is 9.95. The molecule has 66 valence electrons. The molecule has 0 aromatic carbocycles. The SMILES string of the molecule is COC1CCCC(OC)C1I. The van der Waals surface area contributed by atoms with Gasteiger partial charge in [-0.15, -0.1) is 0 Å².